The Morgan fingerprint density at radius 3 is 2.58 bits per heavy atom. The minimum absolute atomic E-state index is 0.00714. The second-order valence-electron chi connectivity index (χ2n) is 7.77. The first-order chi connectivity index (χ1) is 12.4. The molecule has 26 heavy (non-hydrogen) atoms. The third-order valence-electron chi connectivity index (χ3n) is 5.58. The number of allylic oxidation sites excluding steroid dienone is 1. The molecule has 1 saturated heterocycles. The van der Waals surface area contributed by atoms with E-state index in [1.54, 1.807) is 11.8 Å². The van der Waals surface area contributed by atoms with E-state index in [1.807, 2.05) is 0 Å². The fraction of sp³-hybridized carbons (Fsp3) is 0.524. The summed E-state index contributed by atoms with van der Waals surface area (Å²) in [6, 6.07) is 8.35. The molecule has 0 bridgehead atoms. The molecule has 1 aromatic rings. The molecule has 1 aliphatic carbocycles. The molecule has 1 aromatic carbocycles. The Hall–Kier alpha value is -2.30. The van der Waals surface area contributed by atoms with Crippen LogP contribution >= 0.6 is 0 Å². The van der Waals surface area contributed by atoms with Crippen molar-refractivity contribution in [2.75, 3.05) is 13.1 Å². The Bertz CT molecular complexity index is 739. The van der Waals surface area contributed by atoms with Crippen LogP contribution in [0.1, 0.15) is 45.2 Å². The molecule has 2 unspecified atom stereocenters. The van der Waals surface area contributed by atoms with E-state index >= 15 is 0 Å². The summed E-state index contributed by atoms with van der Waals surface area (Å²) in [4.78, 5) is 25.8. The van der Waals surface area contributed by atoms with Crippen LogP contribution in [0.5, 0.6) is 0 Å². The maximum Gasteiger partial charge on any atom is 0.315 e. The highest BCUT2D eigenvalue weighted by Gasteiger charge is 2.30. The monoisotopic (exact) mass is 355 g/mol. The molecule has 1 heterocycles. The number of carbonyl (C=O) groups excluding carboxylic acids is 2. The van der Waals surface area contributed by atoms with Gasteiger partial charge in [-0.2, -0.15) is 0 Å². The lowest BCUT2D eigenvalue weighted by Crippen LogP contribution is -2.49. The third-order valence-corrected chi connectivity index (χ3v) is 5.58. The van der Waals surface area contributed by atoms with Crippen LogP contribution < -0.4 is 10.6 Å². The van der Waals surface area contributed by atoms with Gasteiger partial charge in [-0.1, -0.05) is 38.1 Å². The highest BCUT2D eigenvalue weighted by Crippen LogP contribution is 2.35. The molecule has 2 N–H and O–H groups in total. The molecular weight excluding hydrogens is 326 g/mol. The summed E-state index contributed by atoms with van der Waals surface area (Å²) in [6.07, 6.45) is 1.71. The summed E-state index contributed by atoms with van der Waals surface area (Å²) in [5.74, 6) is 0.372. The summed E-state index contributed by atoms with van der Waals surface area (Å²) in [5, 5.41) is 6.23. The molecule has 3 rings (SSSR count). The van der Waals surface area contributed by atoms with Crippen LogP contribution in [0.15, 0.2) is 29.8 Å². The van der Waals surface area contributed by atoms with Crippen LogP contribution in [0.25, 0.3) is 5.57 Å². The van der Waals surface area contributed by atoms with Crippen LogP contribution in [0, 0.1) is 5.92 Å². The molecule has 2 aliphatic rings. The zero-order valence-corrected chi connectivity index (χ0v) is 16.1. The van der Waals surface area contributed by atoms with E-state index in [9.17, 15) is 9.59 Å². The average molecular weight is 355 g/mol. The predicted molar refractivity (Wildman–Crippen MR) is 104 cm³/mol. The topological polar surface area (TPSA) is 61.4 Å². The van der Waals surface area contributed by atoms with Crippen molar-refractivity contribution in [2.24, 2.45) is 5.92 Å². The highest BCUT2D eigenvalue weighted by atomic mass is 16.2. The van der Waals surface area contributed by atoms with E-state index in [1.165, 1.54) is 22.3 Å². The normalized spacial score (nSPS) is 20.3. The lowest BCUT2D eigenvalue weighted by atomic mass is 9.92. The number of urea groups is 1. The largest absolute Gasteiger partial charge is 0.341 e. The maximum absolute atomic E-state index is 12.6. The molecule has 3 amide bonds. The van der Waals surface area contributed by atoms with Crippen LogP contribution in [-0.2, 0) is 11.2 Å². The molecule has 0 saturated carbocycles. The van der Waals surface area contributed by atoms with Crippen molar-refractivity contribution < 1.29 is 9.59 Å². The van der Waals surface area contributed by atoms with Gasteiger partial charge < -0.3 is 15.5 Å². The first-order valence-corrected chi connectivity index (χ1v) is 9.47. The van der Waals surface area contributed by atoms with Crippen molar-refractivity contribution >= 4 is 17.5 Å². The second kappa shape index (κ2) is 7.52. The van der Waals surface area contributed by atoms with Crippen molar-refractivity contribution in [3.63, 3.8) is 0 Å². The number of benzene rings is 1. The number of fused-ring (bicyclic) bond motifs is 1. The number of nitrogens with zero attached hydrogens (tertiary/aromatic N) is 1. The quantitative estimate of drug-likeness (QED) is 0.872. The number of likely N-dealkylation sites (tertiary alicyclic amines) is 1. The van der Waals surface area contributed by atoms with Crippen molar-refractivity contribution in [2.45, 2.75) is 52.6 Å². The van der Waals surface area contributed by atoms with Gasteiger partial charge in [-0.15, -0.1) is 0 Å². The van der Waals surface area contributed by atoms with Crippen LogP contribution in [0.4, 0.5) is 4.79 Å². The fourth-order valence-corrected chi connectivity index (χ4v) is 4.08. The van der Waals surface area contributed by atoms with Crippen LogP contribution in [0.2, 0.25) is 0 Å². The van der Waals surface area contributed by atoms with Crippen molar-refractivity contribution in [3.8, 4) is 0 Å². The number of amides is 3. The SMILES string of the molecule is CC(=O)N1CCC(NC(=O)NC(C2=C(C)c3ccccc3C2)C(C)C)C1. The Balaban J connectivity index is 1.66. The number of carbonyl (C=O) groups is 2. The number of rotatable bonds is 4. The summed E-state index contributed by atoms with van der Waals surface area (Å²) in [7, 11) is 0. The molecule has 1 fully saturated rings. The van der Waals surface area contributed by atoms with E-state index in [2.05, 4.69) is 55.7 Å². The van der Waals surface area contributed by atoms with E-state index in [4.69, 9.17) is 0 Å². The van der Waals surface area contributed by atoms with Crippen molar-refractivity contribution in [1.82, 2.24) is 15.5 Å². The Labute approximate surface area is 155 Å². The number of hydrogen-bond acceptors (Lipinski definition) is 2. The zero-order chi connectivity index (χ0) is 18.8. The molecule has 0 aromatic heterocycles. The van der Waals surface area contributed by atoms with Gasteiger partial charge >= 0.3 is 6.03 Å². The van der Waals surface area contributed by atoms with Gasteiger partial charge in [-0.05, 0) is 48.0 Å². The maximum atomic E-state index is 12.6. The molecule has 140 valence electrons. The highest BCUT2D eigenvalue weighted by molar-refractivity contribution is 5.79. The van der Waals surface area contributed by atoms with Gasteiger partial charge in [-0.3, -0.25) is 4.79 Å². The van der Waals surface area contributed by atoms with E-state index < -0.39 is 0 Å². The van der Waals surface area contributed by atoms with E-state index in [-0.39, 0.29) is 24.0 Å². The smallest absolute Gasteiger partial charge is 0.315 e. The molecule has 0 spiro atoms. The lowest BCUT2D eigenvalue weighted by molar-refractivity contribution is -0.127. The third kappa shape index (κ3) is 3.76. The van der Waals surface area contributed by atoms with Gasteiger partial charge in [0.05, 0.1) is 6.04 Å². The average Bonchev–Trinajstić information content (AvgIpc) is 3.18. The minimum atomic E-state index is -0.143. The van der Waals surface area contributed by atoms with Crippen LogP contribution in [-0.4, -0.2) is 42.0 Å². The molecule has 2 atom stereocenters. The molecule has 1 aliphatic heterocycles. The minimum Gasteiger partial charge on any atom is -0.341 e. The van der Waals surface area contributed by atoms with Gasteiger partial charge in [0.2, 0.25) is 5.91 Å². The van der Waals surface area contributed by atoms with Crippen molar-refractivity contribution in [1.29, 1.82) is 0 Å². The first kappa shape index (κ1) is 18.5. The lowest BCUT2D eigenvalue weighted by Gasteiger charge is -2.26. The Morgan fingerprint density at radius 2 is 1.96 bits per heavy atom. The Morgan fingerprint density at radius 1 is 1.23 bits per heavy atom. The summed E-state index contributed by atoms with van der Waals surface area (Å²) < 4.78 is 0. The van der Waals surface area contributed by atoms with E-state index in [0.29, 0.717) is 19.0 Å². The van der Waals surface area contributed by atoms with Gasteiger partial charge in [0.1, 0.15) is 0 Å². The number of nitrogens with one attached hydrogen (secondary N) is 2. The fourth-order valence-electron chi connectivity index (χ4n) is 4.08. The van der Waals surface area contributed by atoms with Gasteiger partial charge in [-0.25, -0.2) is 4.79 Å². The second-order valence-corrected chi connectivity index (χ2v) is 7.77. The number of hydrogen-bond donors (Lipinski definition) is 2. The summed E-state index contributed by atoms with van der Waals surface area (Å²) in [5.41, 5.74) is 5.21. The van der Waals surface area contributed by atoms with Crippen LogP contribution in [0.3, 0.4) is 0 Å². The Kier molecular flexibility index (Phi) is 5.35. The summed E-state index contributed by atoms with van der Waals surface area (Å²) >= 11 is 0. The van der Waals surface area contributed by atoms with Gasteiger partial charge in [0, 0.05) is 26.1 Å². The standard InChI is InChI=1S/C21H29N3O2/c1-13(2)20(19-11-16-7-5-6-8-18(16)14(19)3)23-21(26)22-17-9-10-24(12-17)15(4)25/h5-8,13,17,20H,9-12H2,1-4H3,(H2,22,23,26). The van der Waals surface area contributed by atoms with Crippen molar-refractivity contribution in [3.05, 3.63) is 41.0 Å². The summed E-state index contributed by atoms with van der Waals surface area (Å²) in [6.45, 7) is 9.32. The molecule has 5 nitrogen and oxygen atoms in total. The predicted octanol–water partition coefficient (Wildman–Crippen LogP) is 2.96. The zero-order valence-electron chi connectivity index (χ0n) is 16.1. The van der Waals surface area contributed by atoms with Gasteiger partial charge in [0.15, 0.2) is 0 Å². The van der Waals surface area contributed by atoms with Gasteiger partial charge in [0.25, 0.3) is 0 Å². The molecular formula is C21H29N3O2. The molecule has 0 radical (unpaired) electrons. The first-order valence-electron chi connectivity index (χ1n) is 9.47. The van der Waals surface area contributed by atoms with E-state index in [0.717, 1.165) is 12.8 Å². The molecule has 5 heteroatoms.